The monoisotopic (exact) mass is 151 g/mol. The van der Waals surface area contributed by atoms with Gasteiger partial charge >= 0.3 is 6.03 Å². The predicted octanol–water partition coefficient (Wildman–Crippen LogP) is -1.36. The summed E-state index contributed by atoms with van der Waals surface area (Å²) in [6.45, 7) is 0. The van der Waals surface area contributed by atoms with E-state index in [2.05, 4.69) is 15.8 Å². The van der Waals surface area contributed by atoms with Crippen LogP contribution >= 0.6 is 0 Å². The van der Waals surface area contributed by atoms with Gasteiger partial charge in [0, 0.05) is 0 Å². The highest BCUT2D eigenvalue weighted by Crippen LogP contribution is 2.05. The summed E-state index contributed by atoms with van der Waals surface area (Å²) in [4.78, 5) is 25.0. The highest BCUT2D eigenvalue weighted by molar-refractivity contribution is 6.29. The van der Waals surface area contributed by atoms with Crippen molar-refractivity contribution in [2.75, 3.05) is 0 Å². The lowest BCUT2D eigenvalue weighted by molar-refractivity contribution is -0.116. The Balaban J connectivity index is 2.47. The Labute approximate surface area is 61.3 Å². The van der Waals surface area contributed by atoms with Crippen LogP contribution in [0.25, 0.3) is 0 Å². The van der Waals surface area contributed by atoms with Gasteiger partial charge in [-0.15, -0.1) is 0 Å². The van der Waals surface area contributed by atoms with Crippen LogP contribution in [0.1, 0.15) is 0 Å². The van der Waals surface area contributed by atoms with Gasteiger partial charge in [0.1, 0.15) is 5.57 Å². The first kappa shape index (κ1) is 5.90. The summed E-state index contributed by atoms with van der Waals surface area (Å²) in [5.74, 6) is -0.243. The van der Waals surface area contributed by atoms with Crippen LogP contribution < -0.4 is 16.2 Å². The van der Waals surface area contributed by atoms with Crippen molar-refractivity contribution in [3.8, 4) is 0 Å². The van der Waals surface area contributed by atoms with Crippen LogP contribution in [-0.4, -0.2) is 17.8 Å². The SMILES string of the molecule is O=C1N=C2N[N]C=C2C(=O)N1. The number of rotatable bonds is 0. The molecule has 0 spiro atoms. The molecule has 2 N–H and O–H groups in total. The molecule has 6 nitrogen and oxygen atoms in total. The number of fused-ring (bicyclic) bond motifs is 1. The summed E-state index contributed by atoms with van der Waals surface area (Å²) in [7, 11) is 0. The third-order valence-corrected chi connectivity index (χ3v) is 1.30. The Morgan fingerprint density at radius 3 is 3.00 bits per heavy atom. The summed E-state index contributed by atoms with van der Waals surface area (Å²) in [5, 5.41) is 2.02. The van der Waals surface area contributed by atoms with Gasteiger partial charge in [0.05, 0.1) is 6.20 Å². The molecular formula is C5H3N4O2. The van der Waals surface area contributed by atoms with E-state index < -0.39 is 11.9 Å². The van der Waals surface area contributed by atoms with Gasteiger partial charge in [-0.2, -0.15) is 10.4 Å². The molecule has 0 aromatic carbocycles. The van der Waals surface area contributed by atoms with E-state index in [0.717, 1.165) is 0 Å². The molecule has 0 atom stereocenters. The normalized spacial score (nSPS) is 20.7. The number of hydrogen-bond donors (Lipinski definition) is 2. The fraction of sp³-hybridized carbons (Fsp3) is 0. The molecule has 0 unspecified atom stereocenters. The number of nitrogens with zero attached hydrogens (tertiary/aromatic N) is 2. The number of carbonyl (C=O) groups is 2. The van der Waals surface area contributed by atoms with Crippen molar-refractivity contribution in [1.82, 2.24) is 16.2 Å². The van der Waals surface area contributed by atoms with Crippen LogP contribution in [0.4, 0.5) is 4.79 Å². The largest absolute Gasteiger partial charge is 0.349 e. The minimum atomic E-state index is -0.660. The van der Waals surface area contributed by atoms with Crippen molar-refractivity contribution in [2.24, 2.45) is 4.99 Å². The molecular weight excluding hydrogens is 148 g/mol. The van der Waals surface area contributed by atoms with Crippen molar-refractivity contribution in [2.45, 2.75) is 0 Å². The lowest BCUT2D eigenvalue weighted by Gasteiger charge is -2.07. The van der Waals surface area contributed by atoms with E-state index in [1.807, 2.05) is 5.32 Å². The van der Waals surface area contributed by atoms with Gasteiger partial charge in [-0.3, -0.25) is 15.5 Å². The van der Waals surface area contributed by atoms with E-state index >= 15 is 0 Å². The second-order valence-corrected chi connectivity index (χ2v) is 2.00. The fourth-order valence-corrected chi connectivity index (χ4v) is 0.825. The van der Waals surface area contributed by atoms with Crippen LogP contribution in [0.2, 0.25) is 0 Å². The molecule has 2 rings (SSSR count). The molecule has 2 heterocycles. The van der Waals surface area contributed by atoms with E-state index in [9.17, 15) is 9.59 Å². The Hall–Kier alpha value is -1.85. The average Bonchev–Trinajstić information content (AvgIpc) is 2.34. The maximum Gasteiger partial charge on any atom is 0.349 e. The van der Waals surface area contributed by atoms with Gasteiger partial charge in [-0.1, -0.05) is 0 Å². The number of amidine groups is 1. The Bertz CT molecular complexity index is 304. The van der Waals surface area contributed by atoms with Gasteiger partial charge in [-0.25, -0.2) is 4.79 Å². The maximum absolute atomic E-state index is 10.9. The molecule has 55 valence electrons. The number of aliphatic imine (C=N–C) groups is 1. The minimum absolute atomic E-state index is 0.221. The molecule has 2 aliphatic heterocycles. The Morgan fingerprint density at radius 1 is 1.36 bits per heavy atom. The standard InChI is InChI=1S/C5H3N4O2/c10-4-2-1-6-9-3(2)7-5(11)8-4/h1H,(H2,7,8,9,10,11). The zero-order chi connectivity index (χ0) is 7.84. The summed E-state index contributed by atoms with van der Waals surface area (Å²) < 4.78 is 0. The van der Waals surface area contributed by atoms with Crippen molar-refractivity contribution in [1.29, 1.82) is 0 Å². The molecule has 11 heavy (non-hydrogen) atoms. The Kier molecular flexibility index (Phi) is 0.974. The van der Waals surface area contributed by atoms with Gasteiger partial charge in [-0.05, 0) is 0 Å². The Morgan fingerprint density at radius 2 is 2.18 bits per heavy atom. The van der Waals surface area contributed by atoms with Crippen molar-refractivity contribution < 1.29 is 9.59 Å². The number of nitrogens with one attached hydrogen (secondary N) is 2. The smallest absolute Gasteiger partial charge is 0.272 e. The summed E-state index contributed by atoms with van der Waals surface area (Å²) >= 11 is 0. The van der Waals surface area contributed by atoms with Gasteiger partial charge in [0.2, 0.25) is 0 Å². The molecule has 6 heteroatoms. The number of hydrogen-bond acceptors (Lipinski definition) is 3. The predicted molar refractivity (Wildman–Crippen MR) is 34.3 cm³/mol. The number of urea groups is 1. The van der Waals surface area contributed by atoms with Crippen LogP contribution in [0.3, 0.4) is 0 Å². The van der Waals surface area contributed by atoms with Gasteiger partial charge in [0.25, 0.3) is 5.91 Å². The van der Waals surface area contributed by atoms with Crippen molar-refractivity contribution >= 4 is 17.8 Å². The molecule has 0 fully saturated rings. The number of carbonyl (C=O) groups excluding carboxylic acids is 2. The lowest BCUT2D eigenvalue weighted by atomic mass is 10.2. The summed E-state index contributed by atoms with van der Waals surface area (Å²) in [5.41, 5.74) is 6.27. The molecule has 0 saturated heterocycles. The highest BCUT2D eigenvalue weighted by Gasteiger charge is 2.27. The molecule has 3 amide bonds. The molecule has 0 saturated carbocycles. The third-order valence-electron chi connectivity index (χ3n) is 1.30. The van der Waals surface area contributed by atoms with Crippen LogP contribution in [0.5, 0.6) is 0 Å². The van der Waals surface area contributed by atoms with E-state index in [4.69, 9.17) is 0 Å². The quantitative estimate of drug-likeness (QED) is 0.448. The molecule has 2 aliphatic rings. The van der Waals surface area contributed by atoms with Crippen LogP contribution in [0, 0.1) is 0 Å². The first-order chi connectivity index (χ1) is 5.27. The minimum Gasteiger partial charge on any atom is -0.272 e. The zero-order valence-corrected chi connectivity index (χ0v) is 5.29. The second-order valence-electron chi connectivity index (χ2n) is 2.00. The topological polar surface area (TPSA) is 84.7 Å². The van der Waals surface area contributed by atoms with Gasteiger partial charge < -0.3 is 0 Å². The summed E-state index contributed by atoms with van der Waals surface area (Å²) in [6, 6.07) is -0.660. The van der Waals surface area contributed by atoms with Crippen LogP contribution in [0.15, 0.2) is 16.8 Å². The van der Waals surface area contributed by atoms with E-state index in [1.165, 1.54) is 6.20 Å². The van der Waals surface area contributed by atoms with E-state index in [0.29, 0.717) is 5.57 Å². The molecule has 0 aromatic rings. The van der Waals surface area contributed by atoms with Gasteiger partial charge in [0.15, 0.2) is 5.84 Å². The molecule has 0 aromatic heterocycles. The number of amides is 3. The maximum atomic E-state index is 10.9. The first-order valence-corrected chi connectivity index (χ1v) is 2.88. The zero-order valence-electron chi connectivity index (χ0n) is 5.29. The second kappa shape index (κ2) is 1.82. The average molecular weight is 151 g/mol. The molecule has 0 aliphatic carbocycles. The summed E-state index contributed by atoms with van der Waals surface area (Å²) in [6.07, 6.45) is 1.32. The van der Waals surface area contributed by atoms with E-state index in [-0.39, 0.29) is 5.84 Å². The fourth-order valence-electron chi connectivity index (χ4n) is 0.825. The van der Waals surface area contributed by atoms with E-state index in [1.54, 1.807) is 0 Å². The number of imide groups is 1. The third kappa shape index (κ3) is 0.759. The first-order valence-electron chi connectivity index (χ1n) is 2.88. The van der Waals surface area contributed by atoms with Crippen LogP contribution in [-0.2, 0) is 4.79 Å². The molecule has 1 radical (unpaired) electrons. The highest BCUT2D eigenvalue weighted by atomic mass is 16.2. The molecule has 0 bridgehead atoms. The van der Waals surface area contributed by atoms with Crippen molar-refractivity contribution in [3.05, 3.63) is 11.8 Å². The lowest BCUT2D eigenvalue weighted by Crippen LogP contribution is -2.39. The van der Waals surface area contributed by atoms with Crippen molar-refractivity contribution in [3.63, 3.8) is 0 Å².